The van der Waals surface area contributed by atoms with Gasteiger partial charge in [0.1, 0.15) is 0 Å². The summed E-state index contributed by atoms with van der Waals surface area (Å²) < 4.78 is 0. The van der Waals surface area contributed by atoms with Gasteiger partial charge in [-0.3, -0.25) is 0 Å². The van der Waals surface area contributed by atoms with Gasteiger partial charge in [0.05, 0.1) is 0 Å². The summed E-state index contributed by atoms with van der Waals surface area (Å²) in [5.74, 6) is 0.960. The molecule has 6 nitrogen and oxygen atoms in total. The summed E-state index contributed by atoms with van der Waals surface area (Å²) in [6, 6.07) is 0. The van der Waals surface area contributed by atoms with Crippen molar-refractivity contribution >= 4 is 23.5 Å². The lowest BCUT2D eigenvalue weighted by Crippen LogP contribution is -2.14. The summed E-state index contributed by atoms with van der Waals surface area (Å²) in [5.41, 5.74) is 0. The van der Waals surface area contributed by atoms with Crippen LogP contribution in [0.3, 0.4) is 0 Å². The zero-order chi connectivity index (χ0) is 11.1. The fourth-order valence-electron chi connectivity index (χ4n) is 1.01. The maximum absolute atomic E-state index is 5.71. The van der Waals surface area contributed by atoms with Gasteiger partial charge in [-0.1, -0.05) is 0 Å². The smallest absolute Gasteiger partial charge is 0.228 e. The van der Waals surface area contributed by atoms with Crippen molar-refractivity contribution in [3.63, 3.8) is 0 Å². The van der Waals surface area contributed by atoms with Crippen molar-refractivity contribution in [3.8, 4) is 0 Å². The number of halogens is 1. The first-order valence-corrected chi connectivity index (χ1v) is 5.12. The Hall–Kier alpha value is -1.14. The zero-order valence-electron chi connectivity index (χ0n) is 8.84. The predicted octanol–water partition coefficient (Wildman–Crippen LogP) is 0.588. The molecule has 15 heavy (non-hydrogen) atoms. The molecule has 0 unspecified atom stereocenters. The minimum atomic E-state index is 0.186. The summed E-state index contributed by atoms with van der Waals surface area (Å²) in [5, 5.41) is 9.12. The molecule has 0 bridgehead atoms. The highest BCUT2D eigenvalue weighted by molar-refractivity contribution is 6.28. The number of nitrogens with zero attached hydrogens (tertiary/aromatic N) is 3. The summed E-state index contributed by atoms with van der Waals surface area (Å²) in [4.78, 5) is 11.9. The zero-order valence-corrected chi connectivity index (χ0v) is 9.60. The van der Waals surface area contributed by atoms with E-state index in [1.165, 1.54) is 0 Å². The van der Waals surface area contributed by atoms with Crippen molar-refractivity contribution < 1.29 is 0 Å². The standard InChI is InChI=1S/C8H15ClN6/c1-10-4-3-5-12-8-14-6(9)13-7(11-2)15-8/h10H,3-5H2,1-2H3,(H2,11,12,13,14,15). The molecule has 0 aliphatic rings. The fourth-order valence-corrected chi connectivity index (χ4v) is 1.17. The van der Waals surface area contributed by atoms with Crippen molar-refractivity contribution in [3.05, 3.63) is 5.28 Å². The van der Waals surface area contributed by atoms with E-state index in [0.717, 1.165) is 19.5 Å². The second kappa shape index (κ2) is 6.36. The highest BCUT2D eigenvalue weighted by Gasteiger charge is 2.02. The maximum atomic E-state index is 5.71. The second-order valence-corrected chi connectivity index (χ2v) is 3.22. The normalized spacial score (nSPS) is 10.1. The molecule has 0 aliphatic heterocycles. The van der Waals surface area contributed by atoms with Crippen LogP contribution in [0.1, 0.15) is 6.42 Å². The molecule has 3 N–H and O–H groups in total. The molecule has 0 aliphatic carbocycles. The maximum Gasteiger partial charge on any atom is 0.228 e. The van der Waals surface area contributed by atoms with Gasteiger partial charge in [0.2, 0.25) is 17.2 Å². The number of rotatable bonds is 6. The van der Waals surface area contributed by atoms with Crippen molar-refractivity contribution in [1.82, 2.24) is 20.3 Å². The van der Waals surface area contributed by atoms with Crippen LogP contribution in [0, 0.1) is 0 Å². The van der Waals surface area contributed by atoms with Crippen LogP contribution in [-0.4, -0.2) is 42.1 Å². The van der Waals surface area contributed by atoms with E-state index >= 15 is 0 Å². The predicted molar refractivity (Wildman–Crippen MR) is 61.4 cm³/mol. The second-order valence-electron chi connectivity index (χ2n) is 2.89. The summed E-state index contributed by atoms with van der Waals surface area (Å²) in [7, 11) is 3.65. The fraction of sp³-hybridized carbons (Fsp3) is 0.625. The van der Waals surface area contributed by atoms with E-state index in [1.54, 1.807) is 7.05 Å². The van der Waals surface area contributed by atoms with Gasteiger partial charge in [-0.15, -0.1) is 0 Å². The minimum absolute atomic E-state index is 0.186. The average molecular weight is 231 g/mol. The molecular weight excluding hydrogens is 216 g/mol. The van der Waals surface area contributed by atoms with E-state index in [1.807, 2.05) is 7.05 Å². The van der Waals surface area contributed by atoms with Gasteiger partial charge >= 0.3 is 0 Å². The van der Waals surface area contributed by atoms with Crippen molar-refractivity contribution in [2.24, 2.45) is 0 Å². The highest BCUT2D eigenvalue weighted by atomic mass is 35.5. The van der Waals surface area contributed by atoms with E-state index in [-0.39, 0.29) is 5.28 Å². The molecule has 0 spiro atoms. The van der Waals surface area contributed by atoms with Crippen LogP contribution in [-0.2, 0) is 0 Å². The molecule has 84 valence electrons. The third-order valence-corrected chi connectivity index (χ3v) is 1.89. The van der Waals surface area contributed by atoms with Crippen LogP contribution in [0.2, 0.25) is 5.28 Å². The molecule has 0 fully saturated rings. The Morgan fingerprint density at radius 1 is 1.07 bits per heavy atom. The lowest BCUT2D eigenvalue weighted by atomic mass is 10.4. The molecule has 0 aromatic carbocycles. The largest absolute Gasteiger partial charge is 0.357 e. The topological polar surface area (TPSA) is 74.8 Å². The third-order valence-electron chi connectivity index (χ3n) is 1.72. The SMILES string of the molecule is CNCCCNc1nc(Cl)nc(NC)n1. The summed E-state index contributed by atoms with van der Waals surface area (Å²) in [6.07, 6.45) is 0.995. The summed E-state index contributed by atoms with van der Waals surface area (Å²) in [6.45, 7) is 1.75. The number of hydrogen-bond acceptors (Lipinski definition) is 6. The molecule has 0 saturated heterocycles. The van der Waals surface area contributed by atoms with Crippen LogP contribution in [0.15, 0.2) is 0 Å². The van der Waals surface area contributed by atoms with Crippen LogP contribution in [0.25, 0.3) is 0 Å². The lowest BCUT2D eigenvalue weighted by molar-refractivity contribution is 0.744. The first kappa shape index (κ1) is 11.9. The lowest BCUT2D eigenvalue weighted by Gasteiger charge is -2.05. The van der Waals surface area contributed by atoms with E-state index < -0.39 is 0 Å². The number of hydrogen-bond donors (Lipinski definition) is 3. The Morgan fingerprint density at radius 3 is 2.47 bits per heavy atom. The molecule has 0 atom stereocenters. The average Bonchev–Trinajstić information content (AvgIpc) is 2.23. The van der Waals surface area contributed by atoms with Gasteiger partial charge in [0, 0.05) is 13.6 Å². The Kier molecular flexibility index (Phi) is 5.06. The van der Waals surface area contributed by atoms with Gasteiger partial charge in [0.25, 0.3) is 0 Å². The molecule has 1 heterocycles. The monoisotopic (exact) mass is 230 g/mol. The Balaban J connectivity index is 2.49. The van der Waals surface area contributed by atoms with Gasteiger partial charge < -0.3 is 16.0 Å². The van der Waals surface area contributed by atoms with E-state index in [9.17, 15) is 0 Å². The van der Waals surface area contributed by atoms with Gasteiger partial charge in [-0.2, -0.15) is 15.0 Å². The van der Waals surface area contributed by atoms with Gasteiger partial charge in [-0.05, 0) is 31.6 Å². The van der Waals surface area contributed by atoms with Crippen molar-refractivity contribution in [1.29, 1.82) is 0 Å². The summed E-state index contributed by atoms with van der Waals surface area (Å²) >= 11 is 5.71. The van der Waals surface area contributed by atoms with Crippen LogP contribution < -0.4 is 16.0 Å². The minimum Gasteiger partial charge on any atom is -0.357 e. The first-order valence-electron chi connectivity index (χ1n) is 4.74. The highest BCUT2D eigenvalue weighted by Crippen LogP contribution is 2.08. The molecule has 1 aromatic heterocycles. The van der Waals surface area contributed by atoms with Crippen LogP contribution >= 0.6 is 11.6 Å². The molecule has 0 radical (unpaired) electrons. The van der Waals surface area contributed by atoms with Crippen molar-refractivity contribution in [2.75, 3.05) is 37.8 Å². The van der Waals surface area contributed by atoms with Gasteiger partial charge in [-0.25, -0.2) is 0 Å². The van der Waals surface area contributed by atoms with Gasteiger partial charge in [0.15, 0.2) is 0 Å². The van der Waals surface area contributed by atoms with E-state index in [0.29, 0.717) is 11.9 Å². The molecule has 0 saturated carbocycles. The van der Waals surface area contributed by atoms with E-state index in [4.69, 9.17) is 11.6 Å². The molecule has 1 aromatic rings. The number of nitrogens with one attached hydrogen (secondary N) is 3. The Morgan fingerprint density at radius 2 is 1.80 bits per heavy atom. The number of aromatic nitrogens is 3. The number of anilines is 2. The first-order chi connectivity index (χ1) is 7.26. The van der Waals surface area contributed by atoms with Crippen LogP contribution in [0.4, 0.5) is 11.9 Å². The van der Waals surface area contributed by atoms with Crippen molar-refractivity contribution in [2.45, 2.75) is 6.42 Å². The quantitative estimate of drug-likeness (QED) is 0.621. The molecule has 7 heteroatoms. The van der Waals surface area contributed by atoms with E-state index in [2.05, 4.69) is 30.9 Å². The Bertz CT molecular complexity index is 305. The third kappa shape index (κ3) is 4.26. The molecule has 1 rings (SSSR count). The Labute approximate surface area is 93.9 Å². The van der Waals surface area contributed by atoms with Crippen LogP contribution in [0.5, 0.6) is 0 Å². The molecule has 0 amide bonds. The molecular formula is C8H15ClN6.